The monoisotopic (exact) mass is 1020 g/mol. The molecule has 0 aliphatic rings. The number of hydrogen-bond donors (Lipinski definition) is 0. The first kappa shape index (κ1) is 70.1. The molecule has 6 heteroatoms. The quantitative estimate of drug-likeness (QED) is 0.0261. The van der Waals surface area contributed by atoms with Gasteiger partial charge in [0.2, 0.25) is 0 Å². The second kappa shape index (κ2) is 61.7. The summed E-state index contributed by atoms with van der Waals surface area (Å²) in [4.78, 5) is 38.2. The van der Waals surface area contributed by atoms with Crippen LogP contribution in [0.4, 0.5) is 0 Å². The average Bonchev–Trinajstić information content (AvgIpc) is 3.39. The summed E-state index contributed by atoms with van der Waals surface area (Å²) >= 11 is 0. The van der Waals surface area contributed by atoms with Crippen molar-refractivity contribution in [3.8, 4) is 0 Å². The molecule has 0 saturated carbocycles. The molecule has 0 saturated heterocycles. The Bertz CT molecular complexity index is 1310. The molecule has 0 spiro atoms. The van der Waals surface area contributed by atoms with E-state index in [0.717, 1.165) is 83.5 Å². The molecule has 0 amide bonds. The summed E-state index contributed by atoms with van der Waals surface area (Å²) in [5, 5.41) is 0. The number of ether oxygens (including phenoxy) is 3. The van der Waals surface area contributed by atoms with E-state index < -0.39 is 6.10 Å². The van der Waals surface area contributed by atoms with Gasteiger partial charge in [-0.3, -0.25) is 14.4 Å². The van der Waals surface area contributed by atoms with E-state index in [1.807, 2.05) is 0 Å². The Morgan fingerprint density at radius 1 is 0.288 bits per heavy atom. The van der Waals surface area contributed by atoms with Gasteiger partial charge in [-0.2, -0.15) is 0 Å². The predicted octanol–water partition coefficient (Wildman–Crippen LogP) is 21.6. The maximum Gasteiger partial charge on any atom is 0.306 e. The Kier molecular flexibility index (Phi) is 59.2. The summed E-state index contributed by atoms with van der Waals surface area (Å²) < 4.78 is 16.9. The number of rotatable bonds is 58. The van der Waals surface area contributed by atoms with Crippen LogP contribution in [-0.4, -0.2) is 37.2 Å². The Labute approximate surface area is 453 Å². The van der Waals surface area contributed by atoms with Gasteiger partial charge in [0.25, 0.3) is 0 Å². The smallest absolute Gasteiger partial charge is 0.306 e. The van der Waals surface area contributed by atoms with E-state index in [9.17, 15) is 14.4 Å². The van der Waals surface area contributed by atoms with Gasteiger partial charge in [-0.05, 0) is 83.5 Å². The first-order valence-electron chi connectivity index (χ1n) is 31.8. The summed E-state index contributed by atoms with van der Waals surface area (Å²) in [7, 11) is 0. The number of allylic oxidation sites excluding steroid dienone is 10. The Morgan fingerprint density at radius 2 is 0.534 bits per heavy atom. The molecule has 0 aliphatic carbocycles. The average molecular weight is 1020 g/mol. The van der Waals surface area contributed by atoms with Crippen molar-refractivity contribution in [3.05, 3.63) is 60.8 Å². The number of carbonyl (C=O) groups is 3. The highest BCUT2D eigenvalue weighted by Gasteiger charge is 2.19. The van der Waals surface area contributed by atoms with Gasteiger partial charge in [0.1, 0.15) is 13.2 Å². The summed E-state index contributed by atoms with van der Waals surface area (Å²) in [6.45, 7) is 6.52. The Balaban J connectivity index is 4.29. The first-order valence-corrected chi connectivity index (χ1v) is 31.8. The van der Waals surface area contributed by atoms with Gasteiger partial charge in [-0.1, -0.05) is 287 Å². The van der Waals surface area contributed by atoms with Crippen LogP contribution in [0.2, 0.25) is 0 Å². The highest BCUT2D eigenvalue weighted by Crippen LogP contribution is 2.17. The molecule has 1 unspecified atom stereocenters. The molecule has 0 aromatic rings. The summed E-state index contributed by atoms with van der Waals surface area (Å²) in [6.07, 6.45) is 78.1. The van der Waals surface area contributed by atoms with Gasteiger partial charge in [0.15, 0.2) is 6.10 Å². The topological polar surface area (TPSA) is 78.9 Å². The molecule has 424 valence electrons. The van der Waals surface area contributed by atoms with E-state index in [4.69, 9.17) is 14.2 Å². The molecule has 0 N–H and O–H groups in total. The van der Waals surface area contributed by atoms with E-state index in [1.165, 1.54) is 199 Å². The van der Waals surface area contributed by atoms with Gasteiger partial charge in [-0.15, -0.1) is 0 Å². The number of unbranched alkanes of at least 4 members (excludes halogenated alkanes) is 37. The minimum atomic E-state index is -0.798. The van der Waals surface area contributed by atoms with Gasteiger partial charge >= 0.3 is 17.9 Å². The van der Waals surface area contributed by atoms with E-state index in [-0.39, 0.29) is 37.5 Å². The third kappa shape index (κ3) is 59.9. The Hall–Kier alpha value is -2.89. The Morgan fingerprint density at radius 3 is 0.877 bits per heavy atom. The SMILES string of the molecule is CC/C=C\C/C=C\C/C=C\C/C=C\CCCCC(=O)OC(COC(=O)CCCCCCC/C=C\CCCCCCCC)COC(=O)CCCCCCCCCCCCCCCCCCCCCCCCCCC. The molecule has 0 rings (SSSR count). The van der Waals surface area contributed by atoms with Crippen molar-refractivity contribution in [2.24, 2.45) is 0 Å². The van der Waals surface area contributed by atoms with Crippen molar-refractivity contribution >= 4 is 17.9 Å². The van der Waals surface area contributed by atoms with Crippen molar-refractivity contribution in [1.82, 2.24) is 0 Å². The largest absolute Gasteiger partial charge is 0.462 e. The third-order valence-electron chi connectivity index (χ3n) is 14.0. The normalized spacial score (nSPS) is 12.4. The lowest BCUT2D eigenvalue weighted by Crippen LogP contribution is -2.30. The fourth-order valence-corrected chi connectivity index (χ4v) is 9.25. The van der Waals surface area contributed by atoms with Gasteiger partial charge in [-0.25, -0.2) is 0 Å². The summed E-state index contributed by atoms with van der Waals surface area (Å²) in [5.74, 6) is -0.925. The van der Waals surface area contributed by atoms with Crippen LogP contribution in [0, 0.1) is 0 Å². The van der Waals surface area contributed by atoms with E-state index >= 15 is 0 Å². The van der Waals surface area contributed by atoms with Crippen molar-refractivity contribution in [2.75, 3.05) is 13.2 Å². The minimum absolute atomic E-state index is 0.0906. The highest BCUT2D eigenvalue weighted by molar-refractivity contribution is 5.71. The van der Waals surface area contributed by atoms with Crippen molar-refractivity contribution in [2.45, 2.75) is 335 Å². The van der Waals surface area contributed by atoms with Crippen LogP contribution in [0.25, 0.3) is 0 Å². The lowest BCUT2D eigenvalue weighted by molar-refractivity contribution is -0.167. The van der Waals surface area contributed by atoms with Crippen LogP contribution >= 0.6 is 0 Å². The van der Waals surface area contributed by atoms with Gasteiger partial charge < -0.3 is 14.2 Å². The molecule has 0 aliphatic heterocycles. The third-order valence-corrected chi connectivity index (χ3v) is 14.0. The minimum Gasteiger partial charge on any atom is -0.462 e. The number of carbonyl (C=O) groups excluding carboxylic acids is 3. The van der Waals surface area contributed by atoms with Crippen LogP contribution in [0.5, 0.6) is 0 Å². The second-order valence-electron chi connectivity index (χ2n) is 21.3. The van der Waals surface area contributed by atoms with Crippen molar-refractivity contribution in [3.63, 3.8) is 0 Å². The fourth-order valence-electron chi connectivity index (χ4n) is 9.25. The summed E-state index contributed by atoms with van der Waals surface area (Å²) in [5.41, 5.74) is 0. The van der Waals surface area contributed by atoms with E-state index in [1.54, 1.807) is 0 Å². The van der Waals surface area contributed by atoms with Crippen molar-refractivity contribution < 1.29 is 28.6 Å². The highest BCUT2D eigenvalue weighted by atomic mass is 16.6. The molecule has 6 nitrogen and oxygen atoms in total. The molecule has 0 heterocycles. The zero-order valence-electron chi connectivity index (χ0n) is 48.7. The molecule has 0 bridgehead atoms. The van der Waals surface area contributed by atoms with Crippen LogP contribution in [0.1, 0.15) is 329 Å². The molecule has 0 aromatic carbocycles. The van der Waals surface area contributed by atoms with Crippen LogP contribution in [0.3, 0.4) is 0 Å². The standard InChI is InChI=1S/C67H120O6/c1-4-7-10-13-16-19-22-25-28-29-30-31-32-33-34-35-36-37-40-42-45-48-51-54-57-60-66(69)72-63-64(73-67(70)61-58-55-52-49-46-43-39-27-24-21-18-15-12-9-6-3)62-71-65(68)59-56-53-50-47-44-41-38-26-23-20-17-14-11-8-5-2/h9,12,18,21,26-27,38-39,46,49,64H,4-8,10-11,13-17,19-20,22-25,28-37,40-45,47-48,50-63H2,1-3H3/b12-9-,21-18-,38-26-,39-27-,49-46-. The maximum absolute atomic E-state index is 12.9. The molecule has 0 fully saturated rings. The van der Waals surface area contributed by atoms with Crippen LogP contribution in [0.15, 0.2) is 60.8 Å². The van der Waals surface area contributed by atoms with Gasteiger partial charge in [0, 0.05) is 19.3 Å². The lowest BCUT2D eigenvalue weighted by atomic mass is 10.0. The molecule has 0 aromatic heterocycles. The maximum atomic E-state index is 12.9. The van der Waals surface area contributed by atoms with E-state index in [0.29, 0.717) is 19.3 Å². The first-order chi connectivity index (χ1) is 36.0. The molecular weight excluding hydrogens is 901 g/mol. The summed E-state index contributed by atoms with van der Waals surface area (Å²) in [6, 6.07) is 0. The fraction of sp³-hybridized carbons (Fsp3) is 0.806. The molecular formula is C67H120O6. The van der Waals surface area contributed by atoms with Crippen LogP contribution < -0.4 is 0 Å². The predicted molar refractivity (Wildman–Crippen MR) is 316 cm³/mol. The molecule has 1 atom stereocenters. The zero-order chi connectivity index (χ0) is 52.9. The zero-order valence-corrected chi connectivity index (χ0v) is 48.7. The second-order valence-corrected chi connectivity index (χ2v) is 21.3. The van der Waals surface area contributed by atoms with Gasteiger partial charge in [0.05, 0.1) is 0 Å². The molecule has 0 radical (unpaired) electrons. The van der Waals surface area contributed by atoms with E-state index in [2.05, 4.69) is 81.5 Å². The molecule has 73 heavy (non-hydrogen) atoms. The van der Waals surface area contributed by atoms with Crippen LogP contribution in [-0.2, 0) is 28.6 Å². The lowest BCUT2D eigenvalue weighted by Gasteiger charge is -2.18. The number of esters is 3. The van der Waals surface area contributed by atoms with Crippen molar-refractivity contribution in [1.29, 1.82) is 0 Å². The number of hydrogen-bond acceptors (Lipinski definition) is 6.